The van der Waals surface area contributed by atoms with Gasteiger partial charge in [0, 0.05) is 5.56 Å². The van der Waals surface area contributed by atoms with E-state index in [9.17, 15) is 22.8 Å². The molecule has 15 heavy (non-hydrogen) atoms. The van der Waals surface area contributed by atoms with Gasteiger partial charge in [0.1, 0.15) is 0 Å². The molecular formula is C9H6F3NO2. The quantitative estimate of drug-likeness (QED) is 0.763. The first kappa shape index (κ1) is 11.2. The fourth-order valence-corrected chi connectivity index (χ4v) is 1.05. The van der Waals surface area contributed by atoms with E-state index in [2.05, 4.69) is 0 Å². The van der Waals surface area contributed by atoms with E-state index in [1.54, 1.807) is 0 Å². The summed E-state index contributed by atoms with van der Waals surface area (Å²) in [7, 11) is 0. The normalized spacial score (nSPS) is 11.1. The molecule has 6 heteroatoms. The van der Waals surface area contributed by atoms with E-state index >= 15 is 0 Å². The summed E-state index contributed by atoms with van der Waals surface area (Å²) in [6.07, 6.45) is -5.01. The molecule has 1 aromatic rings. The van der Waals surface area contributed by atoms with Crippen LogP contribution in [0.2, 0.25) is 0 Å². The number of carbonyl (C=O) groups is 2. The Bertz CT molecular complexity index is 412. The number of ketones is 1. The average Bonchev–Trinajstić information content (AvgIpc) is 2.15. The Kier molecular flexibility index (Phi) is 2.78. The summed E-state index contributed by atoms with van der Waals surface area (Å²) in [6.45, 7) is 0. The fourth-order valence-electron chi connectivity index (χ4n) is 1.05. The molecule has 1 rings (SSSR count). The van der Waals surface area contributed by atoms with Crippen LogP contribution in [0.4, 0.5) is 13.2 Å². The third kappa shape index (κ3) is 2.34. The van der Waals surface area contributed by atoms with Crippen LogP contribution in [0.5, 0.6) is 0 Å². The van der Waals surface area contributed by atoms with Crippen LogP contribution in [-0.4, -0.2) is 17.9 Å². The van der Waals surface area contributed by atoms with Crippen molar-refractivity contribution in [3.8, 4) is 0 Å². The number of primary amides is 1. The van der Waals surface area contributed by atoms with Gasteiger partial charge in [-0.2, -0.15) is 13.2 Å². The van der Waals surface area contributed by atoms with Gasteiger partial charge in [0.25, 0.3) is 5.78 Å². The Morgan fingerprint density at radius 2 is 1.53 bits per heavy atom. The monoisotopic (exact) mass is 217 g/mol. The van der Waals surface area contributed by atoms with Gasteiger partial charge in [0.15, 0.2) is 0 Å². The minimum atomic E-state index is -5.01. The first-order chi connectivity index (χ1) is 6.84. The summed E-state index contributed by atoms with van der Waals surface area (Å²) in [4.78, 5) is 21.6. The Balaban J connectivity index is 3.26. The van der Waals surface area contributed by atoms with Gasteiger partial charge in [-0.1, -0.05) is 18.2 Å². The van der Waals surface area contributed by atoms with E-state index in [0.717, 1.165) is 12.1 Å². The largest absolute Gasteiger partial charge is 0.454 e. The summed E-state index contributed by atoms with van der Waals surface area (Å²) in [5, 5.41) is 0. The van der Waals surface area contributed by atoms with Gasteiger partial charge in [-0.3, -0.25) is 9.59 Å². The van der Waals surface area contributed by atoms with E-state index in [1.165, 1.54) is 12.1 Å². The second-order valence-electron chi connectivity index (χ2n) is 2.74. The van der Waals surface area contributed by atoms with Crippen molar-refractivity contribution in [3.63, 3.8) is 0 Å². The zero-order valence-corrected chi connectivity index (χ0v) is 7.34. The second kappa shape index (κ2) is 3.72. The van der Waals surface area contributed by atoms with E-state index in [0.29, 0.717) is 0 Å². The molecule has 2 N–H and O–H groups in total. The molecule has 1 amide bonds. The topological polar surface area (TPSA) is 60.2 Å². The molecule has 3 nitrogen and oxygen atoms in total. The summed E-state index contributed by atoms with van der Waals surface area (Å²) < 4.78 is 36.2. The zero-order valence-electron chi connectivity index (χ0n) is 7.34. The van der Waals surface area contributed by atoms with Crippen LogP contribution in [0.1, 0.15) is 20.7 Å². The first-order valence-corrected chi connectivity index (χ1v) is 3.84. The van der Waals surface area contributed by atoms with Gasteiger partial charge >= 0.3 is 6.18 Å². The Labute approximate surface area is 82.7 Å². The fraction of sp³-hybridized carbons (Fsp3) is 0.111. The Morgan fingerprint density at radius 3 is 1.93 bits per heavy atom. The number of amides is 1. The van der Waals surface area contributed by atoms with Crippen molar-refractivity contribution in [2.45, 2.75) is 6.18 Å². The van der Waals surface area contributed by atoms with Gasteiger partial charge < -0.3 is 5.73 Å². The van der Waals surface area contributed by atoms with Crippen molar-refractivity contribution in [3.05, 3.63) is 35.4 Å². The molecule has 80 valence electrons. The van der Waals surface area contributed by atoms with E-state index in [4.69, 9.17) is 5.73 Å². The van der Waals surface area contributed by atoms with Crippen LogP contribution in [0.3, 0.4) is 0 Å². The number of alkyl halides is 3. The highest BCUT2D eigenvalue weighted by atomic mass is 19.4. The minimum Gasteiger partial charge on any atom is -0.366 e. The lowest BCUT2D eigenvalue weighted by molar-refractivity contribution is -0.0885. The maximum atomic E-state index is 12.1. The number of benzene rings is 1. The van der Waals surface area contributed by atoms with Gasteiger partial charge in [0.2, 0.25) is 5.91 Å². The highest BCUT2D eigenvalue weighted by Gasteiger charge is 2.40. The molecular weight excluding hydrogens is 211 g/mol. The van der Waals surface area contributed by atoms with Gasteiger partial charge in [-0.15, -0.1) is 0 Å². The molecule has 0 unspecified atom stereocenters. The number of carbonyl (C=O) groups excluding carboxylic acids is 2. The summed E-state index contributed by atoms with van der Waals surface area (Å²) in [6, 6.07) is 4.54. The maximum absolute atomic E-state index is 12.1. The van der Waals surface area contributed by atoms with Crippen molar-refractivity contribution in [1.29, 1.82) is 0 Å². The summed E-state index contributed by atoms with van der Waals surface area (Å²) >= 11 is 0. The summed E-state index contributed by atoms with van der Waals surface area (Å²) in [5.41, 5.74) is 3.68. The number of rotatable bonds is 2. The second-order valence-corrected chi connectivity index (χ2v) is 2.74. The van der Waals surface area contributed by atoms with Crippen molar-refractivity contribution in [2.75, 3.05) is 0 Å². The molecule has 0 heterocycles. The van der Waals surface area contributed by atoms with Crippen LogP contribution in [0.15, 0.2) is 24.3 Å². The molecule has 0 radical (unpaired) electrons. The minimum absolute atomic E-state index is 0.431. The van der Waals surface area contributed by atoms with E-state index < -0.39 is 29.0 Å². The molecule has 0 aromatic heterocycles. The highest BCUT2D eigenvalue weighted by molar-refractivity contribution is 6.09. The van der Waals surface area contributed by atoms with E-state index in [1.807, 2.05) is 0 Å². The third-order valence-electron chi connectivity index (χ3n) is 1.69. The van der Waals surface area contributed by atoms with Gasteiger partial charge in [-0.25, -0.2) is 0 Å². The van der Waals surface area contributed by atoms with Crippen LogP contribution < -0.4 is 5.73 Å². The predicted molar refractivity (Wildman–Crippen MR) is 45.3 cm³/mol. The van der Waals surface area contributed by atoms with Crippen molar-refractivity contribution < 1.29 is 22.8 Å². The average molecular weight is 217 g/mol. The first-order valence-electron chi connectivity index (χ1n) is 3.84. The number of hydrogen-bond acceptors (Lipinski definition) is 2. The zero-order chi connectivity index (χ0) is 11.6. The smallest absolute Gasteiger partial charge is 0.366 e. The van der Waals surface area contributed by atoms with Gasteiger partial charge in [0.05, 0.1) is 5.56 Å². The molecule has 0 aliphatic rings. The lowest BCUT2D eigenvalue weighted by Crippen LogP contribution is -2.26. The van der Waals surface area contributed by atoms with Gasteiger partial charge in [-0.05, 0) is 6.07 Å². The van der Waals surface area contributed by atoms with Crippen LogP contribution in [0.25, 0.3) is 0 Å². The van der Waals surface area contributed by atoms with Crippen LogP contribution >= 0.6 is 0 Å². The lowest BCUT2D eigenvalue weighted by Gasteiger charge is -2.07. The van der Waals surface area contributed by atoms with Crippen LogP contribution in [0, 0.1) is 0 Å². The van der Waals surface area contributed by atoms with Crippen molar-refractivity contribution in [2.24, 2.45) is 5.73 Å². The lowest BCUT2D eigenvalue weighted by atomic mass is 10.0. The molecule has 1 aromatic carbocycles. The van der Waals surface area contributed by atoms with Crippen molar-refractivity contribution in [1.82, 2.24) is 0 Å². The third-order valence-corrected chi connectivity index (χ3v) is 1.69. The van der Waals surface area contributed by atoms with Crippen LogP contribution in [-0.2, 0) is 0 Å². The standard InChI is InChI=1S/C9H6F3NO2/c10-9(11,12)7(14)5-3-1-2-4-6(5)8(13)15/h1-4H,(H2,13,15). The molecule has 0 atom stereocenters. The molecule has 0 aliphatic carbocycles. The maximum Gasteiger partial charge on any atom is 0.454 e. The number of halogens is 3. The number of Topliss-reactive ketones (excluding diaryl/α,β-unsaturated/α-hetero) is 1. The predicted octanol–water partition coefficient (Wildman–Crippen LogP) is 1.53. The summed E-state index contributed by atoms with van der Waals surface area (Å²) in [5.74, 6) is -3.14. The SMILES string of the molecule is NC(=O)c1ccccc1C(=O)C(F)(F)F. The molecule has 0 bridgehead atoms. The molecule has 0 fully saturated rings. The highest BCUT2D eigenvalue weighted by Crippen LogP contribution is 2.23. The molecule has 0 saturated carbocycles. The Morgan fingerprint density at radius 1 is 1.07 bits per heavy atom. The Hall–Kier alpha value is -1.85. The molecule has 0 aliphatic heterocycles. The molecule has 0 saturated heterocycles. The number of nitrogens with two attached hydrogens (primary N) is 1. The molecule has 0 spiro atoms. The van der Waals surface area contributed by atoms with E-state index in [-0.39, 0.29) is 0 Å². The number of hydrogen-bond donors (Lipinski definition) is 1. The van der Waals surface area contributed by atoms with Crippen molar-refractivity contribution >= 4 is 11.7 Å².